The minimum absolute atomic E-state index is 0.145. The molecule has 1 aromatic rings. The van der Waals surface area contributed by atoms with E-state index in [1.807, 2.05) is 0 Å². The first-order valence-electron chi connectivity index (χ1n) is 5.78. The Labute approximate surface area is 111 Å². The predicted octanol–water partition coefficient (Wildman–Crippen LogP) is 1.86. The van der Waals surface area contributed by atoms with Gasteiger partial charge in [0.2, 0.25) is 5.91 Å². The number of ether oxygens (including phenoxy) is 1. The molecule has 1 aromatic carbocycles. The van der Waals surface area contributed by atoms with E-state index in [1.54, 1.807) is 19.2 Å². The highest BCUT2D eigenvalue weighted by atomic mass is 19.1. The molecule has 1 rings (SSSR count). The van der Waals surface area contributed by atoms with Crippen LogP contribution in [-0.2, 0) is 14.3 Å². The van der Waals surface area contributed by atoms with E-state index < -0.39 is 0 Å². The van der Waals surface area contributed by atoms with E-state index >= 15 is 0 Å². The lowest BCUT2D eigenvalue weighted by Gasteiger charge is -2.13. The van der Waals surface area contributed by atoms with Gasteiger partial charge in [0.05, 0.1) is 13.5 Å². The van der Waals surface area contributed by atoms with E-state index in [2.05, 4.69) is 4.74 Å². The van der Waals surface area contributed by atoms with Crippen LogP contribution in [0.15, 0.2) is 30.3 Å². The molecule has 0 N–H and O–H groups in total. The first-order valence-corrected chi connectivity index (χ1v) is 5.78. The van der Waals surface area contributed by atoms with Crippen LogP contribution in [-0.4, -0.2) is 37.5 Å². The molecule has 19 heavy (non-hydrogen) atoms. The highest BCUT2D eigenvalue weighted by Crippen LogP contribution is 2.05. The van der Waals surface area contributed by atoms with Crippen molar-refractivity contribution >= 4 is 18.0 Å². The maximum absolute atomic E-state index is 12.9. The van der Waals surface area contributed by atoms with Gasteiger partial charge in [-0.1, -0.05) is 12.1 Å². The van der Waals surface area contributed by atoms with Crippen molar-refractivity contribution in [3.63, 3.8) is 0 Å². The molecule has 0 aromatic heterocycles. The molecule has 0 atom stereocenters. The number of esters is 1. The van der Waals surface area contributed by atoms with Gasteiger partial charge < -0.3 is 9.64 Å². The van der Waals surface area contributed by atoms with Gasteiger partial charge in [0.25, 0.3) is 0 Å². The zero-order valence-corrected chi connectivity index (χ0v) is 10.9. The van der Waals surface area contributed by atoms with E-state index in [0.717, 1.165) is 0 Å². The molecule has 0 aliphatic carbocycles. The van der Waals surface area contributed by atoms with E-state index in [1.165, 1.54) is 36.3 Å². The zero-order valence-electron chi connectivity index (χ0n) is 10.9. The minimum atomic E-state index is -0.367. The summed E-state index contributed by atoms with van der Waals surface area (Å²) in [5.74, 6) is -0.976. The third-order valence-electron chi connectivity index (χ3n) is 2.52. The number of carbonyl (C=O) groups is 2. The van der Waals surface area contributed by atoms with Crippen LogP contribution >= 0.6 is 0 Å². The monoisotopic (exact) mass is 265 g/mol. The molecule has 0 radical (unpaired) electrons. The Morgan fingerprint density at radius 3 is 2.79 bits per heavy atom. The molecule has 4 nitrogen and oxygen atoms in total. The molecule has 0 saturated heterocycles. The summed E-state index contributed by atoms with van der Waals surface area (Å²) in [4.78, 5) is 24.0. The van der Waals surface area contributed by atoms with Gasteiger partial charge in [-0.25, -0.2) is 4.39 Å². The summed E-state index contributed by atoms with van der Waals surface area (Å²) in [5.41, 5.74) is 0.606. The van der Waals surface area contributed by atoms with Crippen molar-refractivity contribution in [1.29, 1.82) is 0 Å². The van der Waals surface area contributed by atoms with Crippen molar-refractivity contribution in [3.8, 4) is 0 Å². The maximum atomic E-state index is 12.9. The summed E-state index contributed by atoms with van der Waals surface area (Å²) < 4.78 is 17.4. The predicted molar refractivity (Wildman–Crippen MR) is 69.7 cm³/mol. The van der Waals surface area contributed by atoms with Crippen LogP contribution in [0.3, 0.4) is 0 Å². The van der Waals surface area contributed by atoms with Crippen molar-refractivity contribution in [2.24, 2.45) is 0 Å². The second-order valence-electron chi connectivity index (χ2n) is 3.97. The summed E-state index contributed by atoms with van der Waals surface area (Å²) in [7, 11) is 2.88. The van der Waals surface area contributed by atoms with Gasteiger partial charge in [0, 0.05) is 19.7 Å². The average molecular weight is 265 g/mol. The van der Waals surface area contributed by atoms with Gasteiger partial charge >= 0.3 is 5.97 Å². The summed E-state index contributed by atoms with van der Waals surface area (Å²) in [6.45, 7) is 0.277. The van der Waals surface area contributed by atoms with Crippen molar-refractivity contribution < 1.29 is 18.7 Å². The van der Waals surface area contributed by atoms with E-state index in [-0.39, 0.29) is 30.7 Å². The molecule has 0 spiro atoms. The number of hydrogen-bond acceptors (Lipinski definition) is 3. The Morgan fingerprint density at radius 2 is 2.16 bits per heavy atom. The number of halogens is 1. The summed E-state index contributed by atoms with van der Waals surface area (Å²) in [5, 5.41) is 0. The number of hydrogen-bond donors (Lipinski definition) is 0. The zero-order chi connectivity index (χ0) is 14.3. The van der Waals surface area contributed by atoms with Crippen LogP contribution < -0.4 is 0 Å². The summed E-state index contributed by atoms with van der Waals surface area (Å²) >= 11 is 0. The molecular weight excluding hydrogens is 249 g/mol. The minimum Gasteiger partial charge on any atom is -0.469 e. The lowest BCUT2D eigenvalue weighted by molar-refractivity contribution is -0.141. The van der Waals surface area contributed by atoms with Gasteiger partial charge in [-0.05, 0) is 23.8 Å². The molecule has 1 amide bonds. The molecule has 0 bridgehead atoms. The summed E-state index contributed by atoms with van der Waals surface area (Å²) in [6, 6.07) is 5.93. The molecule has 0 fully saturated rings. The highest BCUT2D eigenvalue weighted by Gasteiger charge is 2.07. The number of methoxy groups -OCH3 is 1. The Bertz CT molecular complexity index is 485. The fourth-order valence-corrected chi connectivity index (χ4v) is 1.38. The van der Waals surface area contributed by atoms with E-state index in [4.69, 9.17) is 0 Å². The molecule has 102 valence electrons. The second-order valence-corrected chi connectivity index (χ2v) is 3.97. The Kier molecular flexibility index (Phi) is 5.73. The Morgan fingerprint density at radius 1 is 1.42 bits per heavy atom. The largest absolute Gasteiger partial charge is 0.469 e. The van der Waals surface area contributed by atoms with Crippen molar-refractivity contribution in [2.45, 2.75) is 6.42 Å². The van der Waals surface area contributed by atoms with Crippen LogP contribution in [0.5, 0.6) is 0 Å². The molecule has 0 unspecified atom stereocenters. The lowest BCUT2D eigenvalue weighted by atomic mass is 10.2. The number of nitrogens with zero attached hydrogens (tertiary/aromatic N) is 1. The van der Waals surface area contributed by atoms with Gasteiger partial charge in [-0.3, -0.25) is 9.59 Å². The lowest BCUT2D eigenvalue weighted by Crippen LogP contribution is -2.27. The maximum Gasteiger partial charge on any atom is 0.307 e. The molecular formula is C14H16FNO3. The molecule has 0 heterocycles. The number of benzene rings is 1. The van der Waals surface area contributed by atoms with Crippen LogP contribution in [0.25, 0.3) is 6.08 Å². The Hall–Kier alpha value is -2.17. The van der Waals surface area contributed by atoms with Gasteiger partial charge in [0.1, 0.15) is 5.82 Å². The normalized spacial score (nSPS) is 10.5. The number of amides is 1. The topological polar surface area (TPSA) is 46.6 Å². The first kappa shape index (κ1) is 14.9. The fourth-order valence-electron chi connectivity index (χ4n) is 1.38. The van der Waals surface area contributed by atoms with Gasteiger partial charge in [0.15, 0.2) is 0 Å². The van der Waals surface area contributed by atoms with Gasteiger partial charge in [-0.15, -0.1) is 0 Å². The van der Waals surface area contributed by atoms with Crippen molar-refractivity contribution in [2.75, 3.05) is 20.7 Å². The number of carbonyl (C=O) groups excluding carboxylic acids is 2. The highest BCUT2D eigenvalue weighted by molar-refractivity contribution is 5.91. The van der Waals surface area contributed by atoms with Gasteiger partial charge in [-0.2, -0.15) is 0 Å². The van der Waals surface area contributed by atoms with E-state index in [0.29, 0.717) is 5.56 Å². The smallest absolute Gasteiger partial charge is 0.307 e. The molecule has 0 aliphatic rings. The standard InChI is InChI=1S/C14H16FNO3/c1-16(9-8-14(18)19-2)13(17)7-6-11-4-3-5-12(15)10-11/h3-7,10H,8-9H2,1-2H3. The van der Waals surface area contributed by atoms with Crippen LogP contribution in [0.1, 0.15) is 12.0 Å². The summed E-state index contributed by atoms with van der Waals surface area (Å²) in [6.07, 6.45) is 3.01. The third kappa shape index (κ3) is 5.33. The molecule has 5 heteroatoms. The number of rotatable bonds is 5. The van der Waals surface area contributed by atoms with Crippen molar-refractivity contribution in [3.05, 3.63) is 41.7 Å². The first-order chi connectivity index (χ1) is 9.02. The SMILES string of the molecule is COC(=O)CCN(C)C(=O)C=Cc1cccc(F)c1. The van der Waals surface area contributed by atoms with Crippen molar-refractivity contribution in [1.82, 2.24) is 4.90 Å². The quantitative estimate of drug-likeness (QED) is 0.603. The molecule has 0 aliphatic heterocycles. The van der Waals surface area contributed by atoms with Crippen LogP contribution in [0, 0.1) is 5.82 Å². The van der Waals surface area contributed by atoms with Crippen LogP contribution in [0.2, 0.25) is 0 Å². The van der Waals surface area contributed by atoms with Crippen LogP contribution in [0.4, 0.5) is 4.39 Å². The number of likely N-dealkylation sites (N-methyl/N-ethyl adjacent to an activating group) is 1. The van der Waals surface area contributed by atoms with E-state index in [9.17, 15) is 14.0 Å². The fraction of sp³-hybridized carbons (Fsp3) is 0.286. The third-order valence-corrected chi connectivity index (χ3v) is 2.52. The Balaban J connectivity index is 2.52. The second kappa shape index (κ2) is 7.31. The molecule has 0 saturated carbocycles. The average Bonchev–Trinajstić information content (AvgIpc) is 2.41.